The molecule has 3 heteroatoms. The Hall–Kier alpha value is -0.800. The van der Waals surface area contributed by atoms with Crippen molar-refractivity contribution >= 4 is 0 Å². The maximum atomic E-state index is 5.56. The maximum absolute atomic E-state index is 5.56. The van der Waals surface area contributed by atoms with Crippen LogP contribution in [0.3, 0.4) is 0 Å². The quantitative estimate of drug-likeness (QED) is 0.691. The molecule has 0 aromatic carbocycles. The molecule has 0 unspecified atom stereocenters. The molecule has 74 valence electrons. The minimum absolute atomic E-state index is 0.00757. The zero-order valence-electron chi connectivity index (χ0n) is 8.55. The Bertz CT molecular complexity index is 266. The minimum Gasteiger partial charge on any atom is -0.466 e. The summed E-state index contributed by atoms with van der Waals surface area (Å²) in [7, 11) is 0. The van der Waals surface area contributed by atoms with Crippen molar-refractivity contribution in [3.05, 3.63) is 23.7 Å². The summed E-state index contributed by atoms with van der Waals surface area (Å²) in [6.45, 7) is 7.55. The Morgan fingerprint density at radius 1 is 1.46 bits per heavy atom. The van der Waals surface area contributed by atoms with Crippen molar-refractivity contribution in [2.75, 3.05) is 13.2 Å². The fraction of sp³-hybridized carbons (Fsp3) is 0.600. The topological polar surface area (TPSA) is 51.2 Å². The summed E-state index contributed by atoms with van der Waals surface area (Å²) in [5.41, 5.74) is 5.38. The number of rotatable bonds is 4. The van der Waals surface area contributed by atoms with Crippen LogP contribution in [-0.2, 0) is 5.41 Å². The zero-order valence-corrected chi connectivity index (χ0v) is 8.55. The smallest absolute Gasteiger partial charge is 0.111 e. The van der Waals surface area contributed by atoms with Crippen molar-refractivity contribution in [1.29, 1.82) is 0 Å². The van der Waals surface area contributed by atoms with Crippen LogP contribution in [0.4, 0.5) is 0 Å². The molecule has 3 N–H and O–H groups in total. The normalized spacial score (nSPS) is 12.0. The average molecular weight is 182 g/mol. The maximum Gasteiger partial charge on any atom is 0.111 e. The monoisotopic (exact) mass is 182 g/mol. The molecule has 0 radical (unpaired) electrons. The third kappa shape index (κ3) is 2.57. The number of nitrogens with two attached hydrogens (primary N) is 1. The molecule has 13 heavy (non-hydrogen) atoms. The summed E-state index contributed by atoms with van der Waals surface area (Å²) >= 11 is 0. The van der Waals surface area contributed by atoms with E-state index in [1.54, 1.807) is 0 Å². The lowest BCUT2D eigenvalue weighted by molar-refractivity contribution is 0.359. The summed E-state index contributed by atoms with van der Waals surface area (Å²) in [4.78, 5) is 0. The fourth-order valence-electron chi connectivity index (χ4n) is 1.27. The molecule has 0 atom stereocenters. The van der Waals surface area contributed by atoms with Gasteiger partial charge < -0.3 is 15.5 Å². The van der Waals surface area contributed by atoms with Crippen LogP contribution in [0, 0.1) is 6.92 Å². The van der Waals surface area contributed by atoms with Gasteiger partial charge in [0.15, 0.2) is 0 Å². The van der Waals surface area contributed by atoms with E-state index in [0.29, 0.717) is 6.67 Å². The fourth-order valence-corrected chi connectivity index (χ4v) is 1.27. The van der Waals surface area contributed by atoms with Crippen LogP contribution in [0.15, 0.2) is 16.5 Å². The number of hydrogen-bond donors (Lipinski definition) is 2. The zero-order chi connectivity index (χ0) is 9.90. The molecule has 3 nitrogen and oxygen atoms in total. The van der Waals surface area contributed by atoms with E-state index in [9.17, 15) is 0 Å². The third-order valence-electron chi connectivity index (χ3n) is 2.12. The molecule has 0 saturated heterocycles. The standard InChI is InChI=1S/C10H18N2O/c1-8-4-5-9(13-8)10(2,3)6-12-7-11/h4-5,12H,6-7,11H2,1-3H3. The van der Waals surface area contributed by atoms with Gasteiger partial charge in [-0.1, -0.05) is 13.8 Å². The molecule has 0 aliphatic carbocycles. The summed E-state index contributed by atoms with van der Waals surface area (Å²) in [5, 5.41) is 3.11. The largest absolute Gasteiger partial charge is 0.466 e. The molecule has 0 saturated carbocycles. The Labute approximate surface area is 79.3 Å². The Balaban J connectivity index is 2.68. The highest BCUT2D eigenvalue weighted by Crippen LogP contribution is 2.23. The average Bonchev–Trinajstić information content (AvgIpc) is 2.49. The van der Waals surface area contributed by atoms with E-state index in [1.165, 1.54) is 0 Å². The van der Waals surface area contributed by atoms with Gasteiger partial charge in [-0.3, -0.25) is 0 Å². The van der Waals surface area contributed by atoms with E-state index >= 15 is 0 Å². The van der Waals surface area contributed by atoms with E-state index < -0.39 is 0 Å². The van der Waals surface area contributed by atoms with Crippen molar-refractivity contribution in [3.63, 3.8) is 0 Å². The van der Waals surface area contributed by atoms with Gasteiger partial charge in [-0.05, 0) is 19.1 Å². The van der Waals surface area contributed by atoms with Crippen LogP contribution in [0.1, 0.15) is 25.4 Å². The van der Waals surface area contributed by atoms with Gasteiger partial charge in [0.2, 0.25) is 0 Å². The van der Waals surface area contributed by atoms with Gasteiger partial charge in [-0.2, -0.15) is 0 Å². The second kappa shape index (κ2) is 3.94. The van der Waals surface area contributed by atoms with E-state index in [2.05, 4.69) is 19.2 Å². The second-order valence-electron chi connectivity index (χ2n) is 3.93. The lowest BCUT2D eigenvalue weighted by Crippen LogP contribution is -2.35. The Kier molecular flexibility index (Phi) is 3.12. The molecule has 0 aliphatic rings. The number of hydrogen-bond acceptors (Lipinski definition) is 3. The highest BCUT2D eigenvalue weighted by Gasteiger charge is 2.23. The van der Waals surface area contributed by atoms with Crippen molar-refractivity contribution in [2.45, 2.75) is 26.2 Å². The van der Waals surface area contributed by atoms with Crippen LogP contribution < -0.4 is 11.1 Å². The van der Waals surface area contributed by atoms with Crippen molar-refractivity contribution < 1.29 is 4.42 Å². The summed E-state index contributed by atoms with van der Waals surface area (Å²) in [6, 6.07) is 4.01. The van der Waals surface area contributed by atoms with Gasteiger partial charge in [0.1, 0.15) is 11.5 Å². The van der Waals surface area contributed by atoms with Gasteiger partial charge in [-0.25, -0.2) is 0 Å². The molecule has 1 aromatic rings. The van der Waals surface area contributed by atoms with Gasteiger partial charge in [0.25, 0.3) is 0 Å². The molecule has 0 fully saturated rings. The van der Waals surface area contributed by atoms with Crippen LogP contribution in [0.25, 0.3) is 0 Å². The van der Waals surface area contributed by atoms with Crippen molar-refractivity contribution in [2.24, 2.45) is 5.73 Å². The molecule has 1 heterocycles. The molecule has 1 rings (SSSR count). The van der Waals surface area contributed by atoms with Crippen LogP contribution in [0.5, 0.6) is 0 Å². The number of furan rings is 1. The first kappa shape index (κ1) is 10.3. The highest BCUT2D eigenvalue weighted by molar-refractivity contribution is 5.15. The van der Waals surface area contributed by atoms with Crippen molar-refractivity contribution in [1.82, 2.24) is 5.32 Å². The first-order valence-corrected chi connectivity index (χ1v) is 4.54. The highest BCUT2D eigenvalue weighted by atomic mass is 16.3. The minimum atomic E-state index is 0.00757. The van der Waals surface area contributed by atoms with E-state index in [1.807, 2.05) is 19.1 Å². The van der Waals surface area contributed by atoms with Crippen molar-refractivity contribution in [3.8, 4) is 0 Å². The number of nitrogens with one attached hydrogen (secondary N) is 1. The van der Waals surface area contributed by atoms with E-state index in [0.717, 1.165) is 18.1 Å². The lowest BCUT2D eigenvalue weighted by atomic mass is 9.90. The first-order valence-electron chi connectivity index (χ1n) is 4.54. The molecular weight excluding hydrogens is 164 g/mol. The third-order valence-corrected chi connectivity index (χ3v) is 2.12. The summed E-state index contributed by atoms with van der Waals surface area (Å²) in [5.74, 6) is 1.96. The van der Waals surface area contributed by atoms with Gasteiger partial charge in [-0.15, -0.1) is 0 Å². The van der Waals surface area contributed by atoms with Crippen LogP contribution in [-0.4, -0.2) is 13.2 Å². The lowest BCUT2D eigenvalue weighted by Gasteiger charge is -2.21. The van der Waals surface area contributed by atoms with Gasteiger partial charge >= 0.3 is 0 Å². The summed E-state index contributed by atoms with van der Waals surface area (Å²) in [6.07, 6.45) is 0. The van der Waals surface area contributed by atoms with Crippen LogP contribution in [0.2, 0.25) is 0 Å². The Morgan fingerprint density at radius 3 is 2.62 bits per heavy atom. The molecule has 0 aliphatic heterocycles. The molecule has 0 amide bonds. The second-order valence-corrected chi connectivity index (χ2v) is 3.93. The molecular formula is C10H18N2O. The molecule has 0 bridgehead atoms. The van der Waals surface area contributed by atoms with E-state index in [4.69, 9.17) is 10.2 Å². The van der Waals surface area contributed by atoms with Crippen LogP contribution >= 0.6 is 0 Å². The SMILES string of the molecule is Cc1ccc(C(C)(C)CNCN)o1. The molecule has 1 aromatic heterocycles. The number of aryl methyl sites for hydroxylation is 1. The molecule has 0 spiro atoms. The van der Waals surface area contributed by atoms with Gasteiger partial charge in [0, 0.05) is 18.6 Å². The predicted molar refractivity (Wildman–Crippen MR) is 53.5 cm³/mol. The predicted octanol–water partition coefficient (Wildman–Crippen LogP) is 1.37. The van der Waals surface area contributed by atoms with E-state index in [-0.39, 0.29) is 5.41 Å². The summed E-state index contributed by atoms with van der Waals surface area (Å²) < 4.78 is 5.56. The Morgan fingerprint density at radius 2 is 2.15 bits per heavy atom. The van der Waals surface area contributed by atoms with Gasteiger partial charge in [0.05, 0.1) is 0 Å². The first-order chi connectivity index (χ1) is 6.06.